The monoisotopic (exact) mass is 588 g/mol. The second kappa shape index (κ2) is 12.3. The molecular weight excluding hydrogens is 559 g/mol. The molecule has 2 amide bonds. The first-order chi connectivity index (χ1) is 20.7. The van der Waals surface area contributed by atoms with Crippen LogP contribution in [-0.2, 0) is 17.9 Å². The van der Waals surface area contributed by atoms with Crippen LogP contribution in [0.3, 0.4) is 0 Å². The fourth-order valence-electron chi connectivity index (χ4n) is 4.73. The number of amides is 2. The van der Waals surface area contributed by atoms with E-state index in [0.29, 0.717) is 23.4 Å². The number of halogens is 1. The van der Waals surface area contributed by atoms with Crippen LogP contribution in [0, 0.1) is 5.82 Å². The molecule has 0 unspecified atom stereocenters. The number of hydrogen-bond donors (Lipinski definition) is 2. The zero-order valence-corrected chi connectivity index (χ0v) is 23.9. The number of hydroxylamine groups is 1. The number of anilines is 1. The van der Waals surface area contributed by atoms with E-state index in [0.717, 1.165) is 10.1 Å². The third kappa shape index (κ3) is 5.86. The Morgan fingerprint density at radius 1 is 1.00 bits per heavy atom. The van der Waals surface area contributed by atoms with Gasteiger partial charge in [-0.25, -0.2) is 28.7 Å². The zero-order valence-electron chi connectivity index (χ0n) is 23.9. The standard InChI is InChI=1S/C29H29FN8O5/c1-35(2)16-22-21(18-9-11-20(12-10-18)31-28(40)34-43-4)17-36-26(22)27(39)38(24-13-14-25(42-3)33-32-24)29(41)37(36)15-19-7-5-6-8-23(19)30/h5-14,17H,15-16H2,1-4H3,(H2,31,34,40). The van der Waals surface area contributed by atoms with E-state index in [1.807, 2.05) is 19.0 Å². The molecule has 14 heteroatoms. The predicted molar refractivity (Wildman–Crippen MR) is 157 cm³/mol. The molecule has 13 nitrogen and oxygen atoms in total. The first kappa shape index (κ1) is 29.2. The van der Waals surface area contributed by atoms with E-state index in [9.17, 15) is 18.8 Å². The molecule has 0 saturated heterocycles. The lowest BCUT2D eigenvalue weighted by Crippen LogP contribution is -2.43. The molecule has 0 aliphatic carbocycles. The number of ether oxygens (including phenoxy) is 1. The van der Waals surface area contributed by atoms with Gasteiger partial charge in [-0.3, -0.25) is 14.1 Å². The van der Waals surface area contributed by atoms with Crippen molar-refractivity contribution in [2.24, 2.45) is 0 Å². The number of aromatic nitrogens is 5. The van der Waals surface area contributed by atoms with Crippen LogP contribution in [-0.4, -0.2) is 63.2 Å². The maximum absolute atomic E-state index is 14.8. The Balaban J connectivity index is 1.77. The van der Waals surface area contributed by atoms with Crippen LogP contribution in [0.25, 0.3) is 22.5 Å². The molecule has 0 saturated carbocycles. The summed E-state index contributed by atoms with van der Waals surface area (Å²) >= 11 is 0. The molecule has 222 valence electrons. The summed E-state index contributed by atoms with van der Waals surface area (Å²) in [5, 5.41) is 10.6. The van der Waals surface area contributed by atoms with Crippen molar-refractivity contribution in [3.05, 3.63) is 105 Å². The quantitative estimate of drug-likeness (QED) is 0.251. The van der Waals surface area contributed by atoms with Crippen LogP contribution in [0.2, 0.25) is 0 Å². The fourth-order valence-corrected chi connectivity index (χ4v) is 4.73. The molecule has 0 atom stereocenters. The molecule has 2 aromatic carbocycles. The number of nitrogens with one attached hydrogen (secondary N) is 2. The van der Waals surface area contributed by atoms with Crippen molar-refractivity contribution in [3.8, 4) is 22.8 Å². The van der Waals surface area contributed by atoms with Crippen molar-refractivity contribution in [2.45, 2.75) is 13.1 Å². The number of benzene rings is 2. The molecule has 3 heterocycles. The molecule has 5 aromatic rings. The first-order valence-electron chi connectivity index (χ1n) is 13.1. The summed E-state index contributed by atoms with van der Waals surface area (Å²) in [4.78, 5) is 46.5. The highest BCUT2D eigenvalue weighted by atomic mass is 19.1. The summed E-state index contributed by atoms with van der Waals surface area (Å²) in [6, 6.07) is 15.5. The number of urea groups is 1. The first-order valence-corrected chi connectivity index (χ1v) is 13.1. The van der Waals surface area contributed by atoms with E-state index in [-0.39, 0.29) is 29.3 Å². The van der Waals surface area contributed by atoms with Gasteiger partial charge in [-0.15, -0.1) is 10.2 Å². The number of nitrogens with zero attached hydrogens (tertiary/aromatic N) is 6. The van der Waals surface area contributed by atoms with Crippen molar-refractivity contribution >= 4 is 17.2 Å². The highest BCUT2D eigenvalue weighted by molar-refractivity contribution is 5.89. The van der Waals surface area contributed by atoms with Gasteiger partial charge in [0.15, 0.2) is 5.82 Å². The Bertz CT molecular complexity index is 1900. The van der Waals surface area contributed by atoms with Crippen LogP contribution >= 0.6 is 0 Å². The van der Waals surface area contributed by atoms with Crippen LogP contribution < -0.4 is 26.8 Å². The minimum Gasteiger partial charge on any atom is -0.480 e. The molecule has 5 rings (SSSR count). The molecule has 43 heavy (non-hydrogen) atoms. The van der Waals surface area contributed by atoms with Gasteiger partial charge in [0.25, 0.3) is 5.56 Å². The average molecular weight is 589 g/mol. The lowest BCUT2D eigenvalue weighted by atomic mass is 10.0. The Morgan fingerprint density at radius 2 is 1.74 bits per heavy atom. The zero-order chi connectivity index (χ0) is 30.7. The maximum Gasteiger partial charge on any atom is 0.352 e. The summed E-state index contributed by atoms with van der Waals surface area (Å²) in [6.07, 6.45) is 1.68. The van der Waals surface area contributed by atoms with E-state index < -0.39 is 23.1 Å². The highest BCUT2D eigenvalue weighted by Crippen LogP contribution is 2.30. The van der Waals surface area contributed by atoms with Gasteiger partial charge in [0.1, 0.15) is 11.3 Å². The van der Waals surface area contributed by atoms with E-state index in [1.165, 1.54) is 41.6 Å². The third-order valence-corrected chi connectivity index (χ3v) is 6.63. The minimum atomic E-state index is -0.734. The van der Waals surface area contributed by atoms with Crippen molar-refractivity contribution in [1.29, 1.82) is 0 Å². The number of hydrogen-bond acceptors (Lipinski definition) is 8. The van der Waals surface area contributed by atoms with Gasteiger partial charge in [0.2, 0.25) is 5.88 Å². The van der Waals surface area contributed by atoms with E-state index >= 15 is 0 Å². The normalized spacial score (nSPS) is 11.2. The van der Waals surface area contributed by atoms with Crippen LogP contribution in [0.15, 0.2) is 76.4 Å². The van der Waals surface area contributed by atoms with Crippen molar-refractivity contribution in [3.63, 3.8) is 0 Å². The maximum atomic E-state index is 14.8. The van der Waals surface area contributed by atoms with E-state index in [4.69, 9.17) is 4.74 Å². The second-order valence-corrected chi connectivity index (χ2v) is 9.80. The summed E-state index contributed by atoms with van der Waals surface area (Å²) in [6.45, 7) is 0.169. The topological polar surface area (TPSA) is 137 Å². The van der Waals surface area contributed by atoms with E-state index in [1.54, 1.807) is 48.7 Å². The van der Waals surface area contributed by atoms with Gasteiger partial charge in [0, 0.05) is 41.2 Å². The molecule has 2 N–H and O–H groups in total. The minimum absolute atomic E-state index is 0.0103. The van der Waals surface area contributed by atoms with Crippen LogP contribution in [0.5, 0.6) is 5.88 Å². The van der Waals surface area contributed by atoms with Gasteiger partial charge in [-0.1, -0.05) is 30.3 Å². The second-order valence-electron chi connectivity index (χ2n) is 9.80. The van der Waals surface area contributed by atoms with Gasteiger partial charge in [-0.2, -0.15) is 0 Å². The fraction of sp³-hybridized carbons (Fsp3) is 0.207. The summed E-state index contributed by atoms with van der Waals surface area (Å²) in [5.41, 5.74) is 3.82. The number of methoxy groups -OCH3 is 1. The Morgan fingerprint density at radius 3 is 2.37 bits per heavy atom. The van der Waals surface area contributed by atoms with Gasteiger partial charge in [-0.05, 0) is 43.9 Å². The lowest BCUT2D eigenvalue weighted by molar-refractivity contribution is 0.114. The lowest BCUT2D eigenvalue weighted by Gasteiger charge is -2.15. The molecule has 0 aliphatic rings. The third-order valence-electron chi connectivity index (χ3n) is 6.63. The van der Waals surface area contributed by atoms with Gasteiger partial charge >= 0.3 is 11.7 Å². The van der Waals surface area contributed by atoms with Crippen LogP contribution in [0.4, 0.5) is 14.9 Å². The van der Waals surface area contributed by atoms with Gasteiger partial charge < -0.3 is 15.0 Å². The molecule has 0 aliphatic heterocycles. The summed E-state index contributed by atoms with van der Waals surface area (Å²) < 4.78 is 23.6. The van der Waals surface area contributed by atoms with Crippen molar-refractivity contribution < 1.29 is 18.8 Å². The Hall–Kier alpha value is -5.34. The van der Waals surface area contributed by atoms with Crippen molar-refractivity contribution in [2.75, 3.05) is 33.6 Å². The summed E-state index contributed by atoms with van der Waals surface area (Å²) in [7, 11) is 6.47. The molecule has 3 aromatic heterocycles. The van der Waals surface area contributed by atoms with Gasteiger partial charge in [0.05, 0.1) is 20.8 Å². The number of carbonyl (C=O) groups is 1. The SMILES string of the molecule is CONC(=O)Nc1ccc(-c2cn3c(c2CN(C)C)c(=O)n(-c2ccc(OC)nn2)c(=O)n3Cc2ccccc2F)cc1. The Labute approximate surface area is 244 Å². The largest absolute Gasteiger partial charge is 0.480 e. The van der Waals surface area contributed by atoms with E-state index in [2.05, 4.69) is 25.8 Å². The molecule has 0 radical (unpaired) electrons. The average Bonchev–Trinajstić information content (AvgIpc) is 3.35. The van der Waals surface area contributed by atoms with Crippen molar-refractivity contribution in [1.82, 2.24) is 34.3 Å². The molecule has 0 fully saturated rings. The number of rotatable bonds is 9. The molecule has 0 bridgehead atoms. The smallest absolute Gasteiger partial charge is 0.352 e. The van der Waals surface area contributed by atoms with Crippen LogP contribution in [0.1, 0.15) is 11.1 Å². The summed E-state index contributed by atoms with van der Waals surface area (Å²) in [5.74, 6) is -0.296. The molecule has 0 spiro atoms. The number of fused-ring (bicyclic) bond motifs is 1. The highest BCUT2D eigenvalue weighted by Gasteiger charge is 2.24. The number of carbonyl (C=O) groups excluding carboxylic acids is 1. The molecular formula is C29H29FN8O5. The predicted octanol–water partition coefficient (Wildman–Crippen LogP) is 2.65. The Kier molecular flexibility index (Phi) is 8.32.